The van der Waals surface area contributed by atoms with Crippen LogP contribution in [0.5, 0.6) is 5.75 Å². The van der Waals surface area contributed by atoms with E-state index in [0.29, 0.717) is 18.5 Å². The van der Waals surface area contributed by atoms with Crippen molar-refractivity contribution in [3.8, 4) is 17.0 Å². The average molecular weight is 414 g/mol. The molecule has 2 heterocycles. The Morgan fingerprint density at radius 3 is 2.77 bits per heavy atom. The molecule has 1 amide bonds. The lowest BCUT2D eigenvalue weighted by Gasteiger charge is -2.07. The van der Waals surface area contributed by atoms with Crippen molar-refractivity contribution in [3.05, 3.63) is 83.2 Å². The van der Waals surface area contributed by atoms with Gasteiger partial charge < -0.3 is 10.4 Å². The smallest absolute Gasteiger partial charge is 0.251 e. The number of para-hydroxylation sites is 1. The Balaban J connectivity index is 1.40. The fourth-order valence-corrected chi connectivity index (χ4v) is 4.60. The molecule has 0 saturated heterocycles. The van der Waals surface area contributed by atoms with Gasteiger partial charge in [-0.25, -0.2) is 0 Å². The van der Waals surface area contributed by atoms with Gasteiger partial charge >= 0.3 is 0 Å². The summed E-state index contributed by atoms with van der Waals surface area (Å²) in [6, 6.07) is 21.0. The van der Waals surface area contributed by atoms with Gasteiger partial charge in [-0.1, -0.05) is 36.4 Å². The van der Waals surface area contributed by atoms with Crippen LogP contribution in [-0.4, -0.2) is 27.8 Å². The van der Waals surface area contributed by atoms with Gasteiger partial charge in [-0.05, 0) is 42.3 Å². The van der Waals surface area contributed by atoms with E-state index < -0.39 is 0 Å². The molecule has 148 valence electrons. The number of aromatic nitrogens is 2. The summed E-state index contributed by atoms with van der Waals surface area (Å²) in [5.74, 6) is 0.105. The fourth-order valence-electron chi connectivity index (χ4n) is 3.66. The first-order valence-corrected chi connectivity index (χ1v) is 10.6. The van der Waals surface area contributed by atoms with E-state index in [0.717, 1.165) is 33.1 Å². The van der Waals surface area contributed by atoms with Crippen molar-refractivity contribution >= 4 is 38.2 Å². The van der Waals surface area contributed by atoms with Crippen LogP contribution in [0.2, 0.25) is 0 Å². The molecule has 5 rings (SSSR count). The highest BCUT2D eigenvalue weighted by atomic mass is 32.1. The van der Waals surface area contributed by atoms with Crippen molar-refractivity contribution in [1.29, 1.82) is 0 Å². The molecule has 0 spiro atoms. The normalized spacial score (nSPS) is 11.2. The number of nitrogens with one attached hydrogen (secondary N) is 2. The second kappa shape index (κ2) is 7.65. The van der Waals surface area contributed by atoms with Gasteiger partial charge in [-0.3, -0.25) is 9.89 Å². The summed E-state index contributed by atoms with van der Waals surface area (Å²) in [4.78, 5) is 12.7. The molecule has 3 aromatic carbocycles. The summed E-state index contributed by atoms with van der Waals surface area (Å²) in [5.41, 5.74) is 4.22. The zero-order valence-electron chi connectivity index (χ0n) is 16.1. The van der Waals surface area contributed by atoms with Gasteiger partial charge in [0.05, 0.1) is 5.52 Å². The first-order valence-electron chi connectivity index (χ1n) is 9.70. The van der Waals surface area contributed by atoms with Crippen LogP contribution in [0.4, 0.5) is 0 Å². The topological polar surface area (TPSA) is 78.0 Å². The quantitative estimate of drug-likeness (QED) is 0.374. The first-order chi connectivity index (χ1) is 14.7. The summed E-state index contributed by atoms with van der Waals surface area (Å²) in [7, 11) is 0. The maximum atomic E-state index is 12.7. The number of carbonyl (C=O) groups excluding carboxylic acids is 1. The van der Waals surface area contributed by atoms with E-state index in [1.165, 1.54) is 4.70 Å². The van der Waals surface area contributed by atoms with Crippen LogP contribution in [-0.2, 0) is 6.42 Å². The predicted molar refractivity (Wildman–Crippen MR) is 121 cm³/mol. The van der Waals surface area contributed by atoms with Crippen LogP contribution in [0.25, 0.3) is 32.2 Å². The largest absolute Gasteiger partial charge is 0.508 e. The molecule has 0 atom stereocenters. The summed E-state index contributed by atoms with van der Waals surface area (Å²) in [6.07, 6.45) is 0.568. The van der Waals surface area contributed by atoms with Gasteiger partial charge in [-0.15, -0.1) is 11.3 Å². The molecule has 5 aromatic rings. The van der Waals surface area contributed by atoms with Gasteiger partial charge in [0.1, 0.15) is 11.4 Å². The Bertz CT molecular complexity index is 1370. The Morgan fingerprint density at radius 2 is 1.87 bits per heavy atom. The minimum absolute atomic E-state index is 0.144. The maximum absolute atomic E-state index is 12.7. The lowest BCUT2D eigenvalue weighted by Crippen LogP contribution is -2.25. The number of rotatable bonds is 5. The molecule has 2 aromatic heterocycles. The third-order valence-electron chi connectivity index (χ3n) is 5.23. The second-order valence-electron chi connectivity index (χ2n) is 7.11. The summed E-state index contributed by atoms with van der Waals surface area (Å²) >= 11 is 1.69. The second-order valence-corrected chi connectivity index (χ2v) is 8.02. The van der Waals surface area contributed by atoms with Gasteiger partial charge in [0.15, 0.2) is 0 Å². The molecule has 0 aliphatic heterocycles. The molecular weight excluding hydrogens is 394 g/mol. The summed E-state index contributed by atoms with van der Waals surface area (Å²) in [6.45, 7) is 0.446. The number of aromatic hydroxyl groups is 1. The molecule has 0 aliphatic carbocycles. The number of aromatic amines is 1. The number of benzene rings is 3. The first kappa shape index (κ1) is 18.4. The SMILES string of the molecule is O=C(NCCc1ccccc1O)c1ccc2[nH]nc(-c3csc4ccccc34)c2c1. The number of fused-ring (bicyclic) bond motifs is 2. The molecule has 6 heteroatoms. The number of phenolic OH excluding ortho intramolecular Hbond substituents is 1. The number of amides is 1. The van der Waals surface area contributed by atoms with Crippen molar-refractivity contribution in [2.45, 2.75) is 6.42 Å². The van der Waals surface area contributed by atoms with E-state index in [-0.39, 0.29) is 11.7 Å². The van der Waals surface area contributed by atoms with Crippen LogP contribution >= 0.6 is 11.3 Å². The lowest BCUT2D eigenvalue weighted by molar-refractivity contribution is 0.0954. The standard InChI is InChI=1S/C24H19N3O2S/c28-21-7-3-1-5-15(21)11-12-25-24(29)16-9-10-20-18(13-16)23(27-26-20)19-14-30-22-8-4-2-6-17(19)22/h1-10,13-14,28H,11-12H2,(H,25,29)(H,26,27). The van der Waals surface area contributed by atoms with Crippen molar-refractivity contribution < 1.29 is 9.90 Å². The highest BCUT2D eigenvalue weighted by Crippen LogP contribution is 2.36. The number of H-pyrrole nitrogens is 1. The molecule has 0 fully saturated rings. The van der Waals surface area contributed by atoms with Crippen LogP contribution < -0.4 is 5.32 Å². The van der Waals surface area contributed by atoms with Crippen molar-refractivity contribution in [2.75, 3.05) is 6.54 Å². The average Bonchev–Trinajstić information content (AvgIpc) is 3.38. The third-order valence-corrected chi connectivity index (χ3v) is 6.20. The van der Waals surface area contributed by atoms with Gasteiger partial charge in [-0.2, -0.15) is 5.10 Å². The molecule has 0 aliphatic rings. The van der Waals surface area contributed by atoms with Crippen LogP contribution in [0.1, 0.15) is 15.9 Å². The Morgan fingerprint density at radius 1 is 1.03 bits per heavy atom. The van der Waals surface area contributed by atoms with E-state index in [9.17, 15) is 9.90 Å². The Hall–Kier alpha value is -3.64. The fraction of sp³-hybridized carbons (Fsp3) is 0.0833. The minimum atomic E-state index is -0.144. The van der Waals surface area contributed by atoms with E-state index in [2.05, 4.69) is 33.0 Å². The monoisotopic (exact) mass is 413 g/mol. The van der Waals surface area contributed by atoms with E-state index in [4.69, 9.17) is 0 Å². The highest BCUT2D eigenvalue weighted by Gasteiger charge is 2.15. The van der Waals surface area contributed by atoms with Crippen molar-refractivity contribution in [2.24, 2.45) is 0 Å². The van der Waals surface area contributed by atoms with Crippen LogP contribution in [0.15, 0.2) is 72.1 Å². The third kappa shape index (κ3) is 3.31. The Labute approximate surface area is 177 Å². The lowest BCUT2D eigenvalue weighted by atomic mass is 10.0. The predicted octanol–water partition coefficient (Wildman–Crippen LogP) is 5.12. The summed E-state index contributed by atoms with van der Waals surface area (Å²) in [5, 5.41) is 24.6. The summed E-state index contributed by atoms with van der Waals surface area (Å²) < 4.78 is 1.21. The molecule has 0 saturated carbocycles. The highest BCUT2D eigenvalue weighted by molar-refractivity contribution is 7.17. The molecule has 5 nitrogen and oxygen atoms in total. The zero-order chi connectivity index (χ0) is 20.5. The van der Waals surface area contributed by atoms with Crippen molar-refractivity contribution in [1.82, 2.24) is 15.5 Å². The number of hydrogen-bond acceptors (Lipinski definition) is 4. The number of hydrogen-bond donors (Lipinski definition) is 3. The molecule has 0 radical (unpaired) electrons. The van der Waals surface area contributed by atoms with Gasteiger partial charge in [0.25, 0.3) is 5.91 Å². The Kier molecular flexibility index (Phi) is 4.69. The number of thiophene rings is 1. The van der Waals surface area contributed by atoms with E-state index in [1.54, 1.807) is 29.5 Å². The molecular formula is C24H19N3O2S. The molecule has 0 bridgehead atoms. The van der Waals surface area contributed by atoms with Gasteiger partial charge in [0.2, 0.25) is 0 Å². The number of carbonyl (C=O) groups is 1. The van der Waals surface area contributed by atoms with Crippen LogP contribution in [0, 0.1) is 0 Å². The molecule has 30 heavy (non-hydrogen) atoms. The van der Waals surface area contributed by atoms with Crippen LogP contribution in [0.3, 0.4) is 0 Å². The maximum Gasteiger partial charge on any atom is 0.251 e. The van der Waals surface area contributed by atoms with E-state index in [1.807, 2.05) is 36.4 Å². The van der Waals surface area contributed by atoms with Gasteiger partial charge in [0, 0.05) is 38.5 Å². The number of nitrogens with zero attached hydrogens (tertiary/aromatic N) is 1. The minimum Gasteiger partial charge on any atom is -0.508 e. The molecule has 3 N–H and O–H groups in total. The van der Waals surface area contributed by atoms with E-state index >= 15 is 0 Å². The number of phenols is 1. The zero-order valence-corrected chi connectivity index (χ0v) is 16.9. The molecule has 0 unspecified atom stereocenters. The van der Waals surface area contributed by atoms with Crippen molar-refractivity contribution in [3.63, 3.8) is 0 Å².